The molecule has 1 atom stereocenters. The van der Waals surface area contributed by atoms with E-state index in [1.165, 1.54) is 5.56 Å². The van der Waals surface area contributed by atoms with Crippen molar-refractivity contribution in [2.75, 3.05) is 13.2 Å². The van der Waals surface area contributed by atoms with Crippen molar-refractivity contribution >= 4 is 0 Å². The normalized spacial score (nSPS) is 13.2. The van der Waals surface area contributed by atoms with Gasteiger partial charge >= 0.3 is 0 Å². The zero-order valence-corrected chi connectivity index (χ0v) is 12.8. The molecule has 1 aromatic carbocycles. The van der Waals surface area contributed by atoms with Crippen LogP contribution in [0.1, 0.15) is 46.6 Å². The van der Waals surface area contributed by atoms with Crippen molar-refractivity contribution in [3.63, 3.8) is 0 Å². The van der Waals surface area contributed by atoms with Gasteiger partial charge in [0.2, 0.25) is 0 Å². The van der Waals surface area contributed by atoms with Crippen molar-refractivity contribution in [1.29, 1.82) is 0 Å². The summed E-state index contributed by atoms with van der Waals surface area (Å²) in [5.74, 6) is 1.63. The van der Waals surface area contributed by atoms with Crippen molar-refractivity contribution < 1.29 is 9.47 Å². The van der Waals surface area contributed by atoms with Crippen LogP contribution < -0.4 is 15.2 Å². The lowest BCUT2D eigenvalue weighted by molar-refractivity contribution is 0.286. The Morgan fingerprint density at radius 1 is 1.11 bits per heavy atom. The Morgan fingerprint density at radius 2 is 1.68 bits per heavy atom. The van der Waals surface area contributed by atoms with Gasteiger partial charge in [-0.15, -0.1) is 0 Å². The molecule has 3 heteroatoms. The highest BCUT2D eigenvalue weighted by Crippen LogP contribution is 2.35. The molecule has 19 heavy (non-hydrogen) atoms. The molecule has 0 saturated heterocycles. The third-order valence-electron chi connectivity index (χ3n) is 3.16. The average Bonchev–Trinajstić information content (AvgIpc) is 2.30. The van der Waals surface area contributed by atoms with Gasteiger partial charge in [0.25, 0.3) is 0 Å². The number of benzene rings is 1. The van der Waals surface area contributed by atoms with Gasteiger partial charge in [0.15, 0.2) is 11.5 Å². The first-order valence-corrected chi connectivity index (χ1v) is 7.06. The summed E-state index contributed by atoms with van der Waals surface area (Å²) >= 11 is 0. The minimum atomic E-state index is 0.0325. The Kier molecular flexibility index (Phi) is 5.67. The van der Waals surface area contributed by atoms with Crippen LogP contribution in [-0.2, 0) is 5.41 Å². The van der Waals surface area contributed by atoms with Crippen molar-refractivity contribution in [3.8, 4) is 11.5 Å². The lowest BCUT2D eigenvalue weighted by Crippen LogP contribution is -2.28. The Bertz CT molecular complexity index is 400. The summed E-state index contributed by atoms with van der Waals surface area (Å²) in [6, 6.07) is 6.36. The SMILES string of the molecule is CCOc1ccc(C(C)(C)CC(C)N)cc1OCC. The molecule has 108 valence electrons. The van der Waals surface area contributed by atoms with Gasteiger partial charge < -0.3 is 15.2 Å². The van der Waals surface area contributed by atoms with Crippen LogP contribution >= 0.6 is 0 Å². The van der Waals surface area contributed by atoms with Crippen LogP contribution in [0, 0.1) is 0 Å². The highest BCUT2D eigenvalue weighted by atomic mass is 16.5. The number of hydrogen-bond acceptors (Lipinski definition) is 3. The second-order valence-corrected chi connectivity index (χ2v) is 5.59. The predicted octanol–water partition coefficient (Wildman–Crippen LogP) is 3.50. The molecule has 3 nitrogen and oxygen atoms in total. The standard InChI is InChI=1S/C16H27NO2/c1-6-18-14-9-8-13(10-15(14)19-7-2)16(4,5)11-12(3)17/h8-10,12H,6-7,11,17H2,1-5H3. The Morgan fingerprint density at radius 3 is 2.21 bits per heavy atom. The van der Waals surface area contributed by atoms with Gasteiger partial charge in [0.05, 0.1) is 13.2 Å². The summed E-state index contributed by atoms with van der Waals surface area (Å²) in [5, 5.41) is 0. The third-order valence-corrected chi connectivity index (χ3v) is 3.16. The summed E-state index contributed by atoms with van der Waals surface area (Å²) in [4.78, 5) is 0. The van der Waals surface area contributed by atoms with Gasteiger partial charge in [-0.1, -0.05) is 19.9 Å². The summed E-state index contributed by atoms with van der Waals surface area (Å²) in [6.07, 6.45) is 0.937. The largest absolute Gasteiger partial charge is 0.490 e. The second kappa shape index (κ2) is 6.80. The lowest BCUT2D eigenvalue weighted by atomic mass is 9.79. The fourth-order valence-corrected chi connectivity index (χ4v) is 2.39. The first-order valence-electron chi connectivity index (χ1n) is 7.06. The van der Waals surface area contributed by atoms with Crippen LogP contribution in [0.2, 0.25) is 0 Å². The van der Waals surface area contributed by atoms with Crippen molar-refractivity contribution in [2.45, 2.75) is 52.5 Å². The maximum atomic E-state index is 5.93. The molecule has 0 aliphatic rings. The van der Waals surface area contributed by atoms with E-state index in [2.05, 4.69) is 26.0 Å². The number of rotatable bonds is 7. The first-order chi connectivity index (χ1) is 8.90. The van der Waals surface area contributed by atoms with Gasteiger partial charge in [-0.2, -0.15) is 0 Å². The van der Waals surface area contributed by atoms with Crippen molar-refractivity contribution in [2.24, 2.45) is 5.73 Å². The lowest BCUT2D eigenvalue weighted by Gasteiger charge is -2.28. The molecule has 0 fully saturated rings. The molecule has 0 heterocycles. The minimum Gasteiger partial charge on any atom is -0.490 e. The van der Waals surface area contributed by atoms with Gasteiger partial charge in [0, 0.05) is 6.04 Å². The molecular weight excluding hydrogens is 238 g/mol. The Hall–Kier alpha value is -1.22. The summed E-state index contributed by atoms with van der Waals surface area (Å²) in [5.41, 5.74) is 7.20. The Balaban J connectivity index is 3.06. The molecule has 1 unspecified atom stereocenters. The van der Waals surface area contributed by atoms with E-state index in [4.69, 9.17) is 15.2 Å². The monoisotopic (exact) mass is 265 g/mol. The van der Waals surface area contributed by atoms with Gasteiger partial charge in [0.1, 0.15) is 0 Å². The van der Waals surface area contributed by atoms with Crippen LogP contribution in [0.25, 0.3) is 0 Å². The summed E-state index contributed by atoms with van der Waals surface area (Å²) < 4.78 is 11.3. The third kappa shape index (κ3) is 4.43. The number of ether oxygens (including phenoxy) is 2. The molecule has 0 aliphatic carbocycles. The second-order valence-electron chi connectivity index (χ2n) is 5.59. The zero-order valence-electron chi connectivity index (χ0n) is 12.8. The van der Waals surface area contributed by atoms with E-state index in [1.54, 1.807) is 0 Å². The van der Waals surface area contributed by atoms with Gasteiger partial charge in [-0.25, -0.2) is 0 Å². The maximum Gasteiger partial charge on any atom is 0.161 e. The molecule has 0 radical (unpaired) electrons. The number of nitrogens with two attached hydrogens (primary N) is 1. The predicted molar refractivity (Wildman–Crippen MR) is 80.1 cm³/mol. The van der Waals surface area contributed by atoms with Crippen LogP contribution in [0.15, 0.2) is 18.2 Å². The molecule has 0 bridgehead atoms. The Labute approximate surface area is 117 Å². The molecule has 0 saturated carbocycles. The van der Waals surface area contributed by atoms with Gasteiger partial charge in [-0.3, -0.25) is 0 Å². The van der Waals surface area contributed by atoms with Crippen molar-refractivity contribution in [1.82, 2.24) is 0 Å². The molecule has 0 aromatic heterocycles. The van der Waals surface area contributed by atoms with Crippen LogP contribution in [0.5, 0.6) is 11.5 Å². The highest BCUT2D eigenvalue weighted by molar-refractivity contribution is 5.45. The van der Waals surface area contributed by atoms with E-state index in [-0.39, 0.29) is 11.5 Å². The fraction of sp³-hybridized carbons (Fsp3) is 0.625. The smallest absolute Gasteiger partial charge is 0.161 e. The van der Waals surface area contributed by atoms with Crippen LogP contribution in [-0.4, -0.2) is 19.3 Å². The molecule has 0 amide bonds. The van der Waals surface area contributed by atoms with E-state index in [0.717, 1.165) is 17.9 Å². The van der Waals surface area contributed by atoms with Crippen LogP contribution in [0.4, 0.5) is 0 Å². The van der Waals surface area contributed by atoms with E-state index in [1.807, 2.05) is 26.8 Å². The first kappa shape index (κ1) is 15.8. The average molecular weight is 265 g/mol. The fourth-order valence-electron chi connectivity index (χ4n) is 2.39. The van der Waals surface area contributed by atoms with Crippen LogP contribution in [0.3, 0.4) is 0 Å². The molecule has 0 aliphatic heterocycles. The van der Waals surface area contributed by atoms with E-state index < -0.39 is 0 Å². The van der Waals surface area contributed by atoms with Gasteiger partial charge in [-0.05, 0) is 50.3 Å². The van der Waals surface area contributed by atoms with E-state index >= 15 is 0 Å². The summed E-state index contributed by atoms with van der Waals surface area (Å²) in [6.45, 7) is 11.7. The van der Waals surface area contributed by atoms with E-state index in [9.17, 15) is 0 Å². The molecule has 2 N–H and O–H groups in total. The number of hydrogen-bond donors (Lipinski definition) is 1. The molecule has 1 rings (SSSR count). The molecule has 0 spiro atoms. The minimum absolute atomic E-state index is 0.0325. The summed E-state index contributed by atoms with van der Waals surface area (Å²) in [7, 11) is 0. The highest BCUT2D eigenvalue weighted by Gasteiger charge is 2.23. The molecule has 1 aromatic rings. The van der Waals surface area contributed by atoms with Crippen molar-refractivity contribution in [3.05, 3.63) is 23.8 Å². The topological polar surface area (TPSA) is 44.5 Å². The quantitative estimate of drug-likeness (QED) is 0.820. The molecular formula is C16H27NO2. The van der Waals surface area contributed by atoms with E-state index in [0.29, 0.717) is 13.2 Å². The maximum absolute atomic E-state index is 5.93. The zero-order chi connectivity index (χ0) is 14.5.